The summed E-state index contributed by atoms with van der Waals surface area (Å²) < 4.78 is 2.78. The Bertz CT molecular complexity index is 510. The Labute approximate surface area is 108 Å². The second kappa shape index (κ2) is 5.42. The Morgan fingerprint density at radius 2 is 2.24 bits per heavy atom. The number of halogens is 1. The van der Waals surface area contributed by atoms with Crippen LogP contribution in [0.1, 0.15) is 17.7 Å². The molecular formula is C12H14BrN3O. The molecule has 0 aliphatic carbocycles. The first kappa shape index (κ1) is 12.3. The van der Waals surface area contributed by atoms with E-state index in [1.54, 1.807) is 4.68 Å². The SMILES string of the molecule is Cc1cccc(-n2cc(CCCO)nn2)c1Br. The van der Waals surface area contributed by atoms with Gasteiger partial charge in [0.15, 0.2) is 0 Å². The summed E-state index contributed by atoms with van der Waals surface area (Å²) in [6.45, 7) is 2.22. The van der Waals surface area contributed by atoms with Crippen LogP contribution >= 0.6 is 15.9 Å². The molecule has 4 nitrogen and oxygen atoms in total. The molecule has 2 rings (SSSR count). The molecule has 0 unspecified atom stereocenters. The van der Waals surface area contributed by atoms with E-state index in [0.29, 0.717) is 6.42 Å². The highest BCUT2D eigenvalue weighted by molar-refractivity contribution is 9.10. The van der Waals surface area contributed by atoms with Gasteiger partial charge in [0.2, 0.25) is 0 Å². The predicted molar refractivity (Wildman–Crippen MR) is 69.2 cm³/mol. The van der Waals surface area contributed by atoms with Crippen molar-refractivity contribution in [3.63, 3.8) is 0 Å². The minimum absolute atomic E-state index is 0.182. The number of aliphatic hydroxyl groups is 1. The molecule has 5 heteroatoms. The molecule has 0 saturated carbocycles. The molecule has 0 fully saturated rings. The van der Waals surface area contributed by atoms with Crippen LogP contribution in [0.5, 0.6) is 0 Å². The zero-order valence-electron chi connectivity index (χ0n) is 9.60. The summed E-state index contributed by atoms with van der Waals surface area (Å²) in [5.41, 5.74) is 3.04. The van der Waals surface area contributed by atoms with Crippen molar-refractivity contribution < 1.29 is 5.11 Å². The second-order valence-electron chi connectivity index (χ2n) is 3.89. The van der Waals surface area contributed by atoms with Crippen molar-refractivity contribution in [3.8, 4) is 5.69 Å². The van der Waals surface area contributed by atoms with Crippen LogP contribution in [0.2, 0.25) is 0 Å². The molecule has 0 radical (unpaired) electrons. The van der Waals surface area contributed by atoms with Crippen LogP contribution in [-0.4, -0.2) is 26.7 Å². The lowest BCUT2D eigenvalue weighted by Gasteiger charge is -2.05. The highest BCUT2D eigenvalue weighted by Gasteiger charge is 2.07. The normalized spacial score (nSPS) is 10.8. The molecule has 0 amide bonds. The van der Waals surface area contributed by atoms with Crippen LogP contribution in [0.4, 0.5) is 0 Å². The maximum atomic E-state index is 8.77. The number of hydrogen-bond donors (Lipinski definition) is 1. The smallest absolute Gasteiger partial charge is 0.0832 e. The topological polar surface area (TPSA) is 50.9 Å². The van der Waals surface area contributed by atoms with Crippen molar-refractivity contribution >= 4 is 15.9 Å². The van der Waals surface area contributed by atoms with Gasteiger partial charge >= 0.3 is 0 Å². The van der Waals surface area contributed by atoms with E-state index in [4.69, 9.17) is 5.11 Å². The van der Waals surface area contributed by atoms with Gasteiger partial charge < -0.3 is 5.11 Å². The van der Waals surface area contributed by atoms with E-state index in [1.165, 1.54) is 0 Å². The summed E-state index contributed by atoms with van der Waals surface area (Å²) in [6, 6.07) is 6.02. The van der Waals surface area contributed by atoms with Crippen LogP contribution in [0.3, 0.4) is 0 Å². The lowest BCUT2D eigenvalue weighted by atomic mass is 10.2. The van der Waals surface area contributed by atoms with Gasteiger partial charge in [-0.2, -0.15) is 0 Å². The van der Waals surface area contributed by atoms with Crippen molar-refractivity contribution in [1.29, 1.82) is 0 Å². The quantitative estimate of drug-likeness (QED) is 0.941. The molecule has 1 aromatic heterocycles. The number of aromatic nitrogens is 3. The molecule has 0 aliphatic rings. The zero-order valence-corrected chi connectivity index (χ0v) is 11.2. The summed E-state index contributed by atoms with van der Waals surface area (Å²) in [7, 11) is 0. The van der Waals surface area contributed by atoms with Crippen molar-refractivity contribution in [2.45, 2.75) is 19.8 Å². The minimum Gasteiger partial charge on any atom is -0.396 e. The average molecular weight is 296 g/mol. The van der Waals surface area contributed by atoms with Crippen LogP contribution < -0.4 is 0 Å². The molecule has 0 bridgehead atoms. The Balaban J connectivity index is 2.27. The fourth-order valence-electron chi connectivity index (χ4n) is 1.60. The number of rotatable bonds is 4. The summed E-state index contributed by atoms with van der Waals surface area (Å²) in [5.74, 6) is 0. The fraction of sp³-hybridized carbons (Fsp3) is 0.333. The second-order valence-corrected chi connectivity index (χ2v) is 4.68. The van der Waals surface area contributed by atoms with Crippen molar-refractivity contribution in [2.24, 2.45) is 0 Å². The Morgan fingerprint density at radius 3 is 3.00 bits per heavy atom. The highest BCUT2D eigenvalue weighted by Crippen LogP contribution is 2.23. The van der Waals surface area contributed by atoms with Crippen molar-refractivity contribution in [2.75, 3.05) is 6.61 Å². The fourth-order valence-corrected chi connectivity index (χ4v) is 2.05. The van der Waals surface area contributed by atoms with Crippen LogP contribution in [-0.2, 0) is 6.42 Å². The number of nitrogens with zero attached hydrogens (tertiary/aromatic N) is 3. The Hall–Kier alpha value is -1.20. The molecule has 0 atom stereocenters. The van der Waals surface area contributed by atoms with E-state index in [-0.39, 0.29) is 6.61 Å². The van der Waals surface area contributed by atoms with Gasteiger partial charge in [0.05, 0.1) is 17.6 Å². The zero-order chi connectivity index (χ0) is 12.3. The van der Waals surface area contributed by atoms with Crippen LogP contribution in [0.15, 0.2) is 28.9 Å². The molecule has 1 heterocycles. The first-order valence-electron chi connectivity index (χ1n) is 5.50. The Morgan fingerprint density at radius 1 is 1.41 bits per heavy atom. The third kappa shape index (κ3) is 2.73. The standard InChI is InChI=1S/C12H14BrN3O/c1-9-4-2-6-11(12(9)13)16-8-10(14-15-16)5-3-7-17/h2,4,6,8,17H,3,5,7H2,1H3. The van der Waals surface area contributed by atoms with Crippen molar-refractivity contribution in [1.82, 2.24) is 15.0 Å². The molecule has 1 aromatic carbocycles. The summed E-state index contributed by atoms with van der Waals surface area (Å²) in [6.07, 6.45) is 3.36. The van der Waals surface area contributed by atoms with Crippen LogP contribution in [0.25, 0.3) is 5.69 Å². The summed E-state index contributed by atoms with van der Waals surface area (Å²) in [5, 5.41) is 16.9. The van der Waals surface area contributed by atoms with Crippen molar-refractivity contribution in [3.05, 3.63) is 40.1 Å². The highest BCUT2D eigenvalue weighted by atomic mass is 79.9. The molecular weight excluding hydrogens is 282 g/mol. The number of benzene rings is 1. The maximum absolute atomic E-state index is 8.77. The van der Waals surface area contributed by atoms with Gasteiger partial charge in [-0.05, 0) is 47.3 Å². The molecule has 0 spiro atoms. The number of hydrogen-bond acceptors (Lipinski definition) is 3. The number of aliphatic hydroxyl groups excluding tert-OH is 1. The van der Waals surface area contributed by atoms with E-state index in [0.717, 1.165) is 27.8 Å². The minimum atomic E-state index is 0.182. The molecule has 1 N–H and O–H groups in total. The van der Waals surface area contributed by atoms with E-state index in [2.05, 4.69) is 26.2 Å². The molecule has 90 valence electrons. The van der Waals surface area contributed by atoms with E-state index < -0.39 is 0 Å². The van der Waals surface area contributed by atoms with Crippen LogP contribution in [0, 0.1) is 6.92 Å². The van der Waals surface area contributed by atoms with Gasteiger partial charge in [0, 0.05) is 11.1 Å². The monoisotopic (exact) mass is 295 g/mol. The molecule has 0 saturated heterocycles. The summed E-state index contributed by atoms with van der Waals surface area (Å²) in [4.78, 5) is 0. The lowest BCUT2D eigenvalue weighted by Crippen LogP contribution is -1.97. The average Bonchev–Trinajstić information content (AvgIpc) is 2.78. The van der Waals surface area contributed by atoms with Gasteiger partial charge in [-0.1, -0.05) is 17.3 Å². The maximum Gasteiger partial charge on any atom is 0.0832 e. The molecule has 17 heavy (non-hydrogen) atoms. The third-order valence-corrected chi connectivity index (χ3v) is 3.58. The van der Waals surface area contributed by atoms with Gasteiger partial charge in [-0.25, -0.2) is 4.68 Å². The molecule has 0 aliphatic heterocycles. The van der Waals surface area contributed by atoms with E-state index in [1.807, 2.05) is 31.3 Å². The lowest BCUT2D eigenvalue weighted by molar-refractivity contribution is 0.288. The largest absolute Gasteiger partial charge is 0.396 e. The third-order valence-electron chi connectivity index (χ3n) is 2.55. The van der Waals surface area contributed by atoms with E-state index in [9.17, 15) is 0 Å². The first-order valence-corrected chi connectivity index (χ1v) is 6.29. The summed E-state index contributed by atoms with van der Waals surface area (Å²) >= 11 is 3.55. The van der Waals surface area contributed by atoms with E-state index >= 15 is 0 Å². The predicted octanol–water partition coefficient (Wildman–Crippen LogP) is 2.26. The molecule has 2 aromatic rings. The number of aryl methyl sites for hydroxylation is 2. The van der Waals surface area contributed by atoms with Gasteiger partial charge in [0.25, 0.3) is 0 Å². The van der Waals surface area contributed by atoms with Gasteiger partial charge in [-0.3, -0.25) is 0 Å². The first-order chi connectivity index (χ1) is 8.22. The Kier molecular flexibility index (Phi) is 3.91. The van der Waals surface area contributed by atoms with Gasteiger partial charge in [0.1, 0.15) is 0 Å². The van der Waals surface area contributed by atoms with Gasteiger partial charge in [-0.15, -0.1) is 5.10 Å².